The van der Waals surface area contributed by atoms with Gasteiger partial charge in [0.15, 0.2) is 0 Å². The quantitative estimate of drug-likeness (QED) is 0.872. The van der Waals surface area contributed by atoms with Crippen LogP contribution < -0.4 is 10.1 Å². The van der Waals surface area contributed by atoms with Crippen molar-refractivity contribution in [3.8, 4) is 17.1 Å². The van der Waals surface area contributed by atoms with Crippen LogP contribution in [0.1, 0.15) is 5.56 Å². The predicted octanol–water partition coefficient (Wildman–Crippen LogP) is 1.82. The first-order chi connectivity index (χ1) is 8.26. The number of aryl methyl sites for hydroxylation is 1. The summed E-state index contributed by atoms with van der Waals surface area (Å²) in [7, 11) is 5.61. The minimum absolute atomic E-state index is 0.791. The number of benzene rings is 1. The van der Waals surface area contributed by atoms with E-state index in [1.807, 2.05) is 49.3 Å². The first-order valence-corrected chi connectivity index (χ1v) is 5.55. The van der Waals surface area contributed by atoms with E-state index in [2.05, 4.69) is 10.3 Å². The Labute approximate surface area is 101 Å². The SMILES string of the molecule is CNCc1cc(OC)ccc1-c1nccn1C. The second kappa shape index (κ2) is 5.01. The minimum Gasteiger partial charge on any atom is -0.497 e. The molecule has 0 saturated heterocycles. The molecule has 1 N–H and O–H groups in total. The second-order valence-corrected chi connectivity index (χ2v) is 3.92. The molecule has 0 saturated carbocycles. The summed E-state index contributed by atoms with van der Waals surface area (Å²) in [6.45, 7) is 0.791. The van der Waals surface area contributed by atoms with Gasteiger partial charge in [-0.3, -0.25) is 0 Å². The number of methoxy groups -OCH3 is 1. The van der Waals surface area contributed by atoms with Gasteiger partial charge in [-0.05, 0) is 30.8 Å². The second-order valence-electron chi connectivity index (χ2n) is 3.92. The van der Waals surface area contributed by atoms with Gasteiger partial charge >= 0.3 is 0 Å². The molecule has 1 aromatic carbocycles. The Balaban J connectivity index is 2.49. The third-order valence-electron chi connectivity index (χ3n) is 2.74. The monoisotopic (exact) mass is 231 g/mol. The van der Waals surface area contributed by atoms with Crippen LogP contribution in [0.5, 0.6) is 5.75 Å². The Morgan fingerprint density at radius 3 is 2.82 bits per heavy atom. The maximum Gasteiger partial charge on any atom is 0.139 e. The van der Waals surface area contributed by atoms with Crippen molar-refractivity contribution in [2.75, 3.05) is 14.2 Å². The number of nitrogens with one attached hydrogen (secondary N) is 1. The van der Waals surface area contributed by atoms with Crippen molar-refractivity contribution in [2.45, 2.75) is 6.54 Å². The number of nitrogens with zero attached hydrogens (tertiary/aromatic N) is 2. The van der Waals surface area contributed by atoms with Crippen molar-refractivity contribution >= 4 is 0 Å². The van der Waals surface area contributed by atoms with Crippen molar-refractivity contribution < 1.29 is 4.74 Å². The summed E-state index contributed by atoms with van der Waals surface area (Å²) in [4.78, 5) is 4.38. The lowest BCUT2D eigenvalue weighted by Gasteiger charge is -2.11. The van der Waals surface area contributed by atoms with E-state index in [0.717, 1.165) is 23.7 Å². The summed E-state index contributed by atoms with van der Waals surface area (Å²) in [5, 5.41) is 3.16. The van der Waals surface area contributed by atoms with Crippen molar-refractivity contribution in [3.05, 3.63) is 36.2 Å². The van der Waals surface area contributed by atoms with Gasteiger partial charge in [-0.2, -0.15) is 0 Å². The summed E-state index contributed by atoms with van der Waals surface area (Å²) < 4.78 is 7.26. The molecule has 0 amide bonds. The van der Waals surface area contributed by atoms with Gasteiger partial charge < -0.3 is 14.6 Å². The van der Waals surface area contributed by atoms with Crippen LogP contribution in [-0.2, 0) is 13.6 Å². The zero-order valence-electron chi connectivity index (χ0n) is 10.4. The normalized spacial score (nSPS) is 10.5. The first kappa shape index (κ1) is 11.7. The van der Waals surface area contributed by atoms with Gasteiger partial charge in [0.2, 0.25) is 0 Å². The summed E-state index contributed by atoms with van der Waals surface area (Å²) in [6, 6.07) is 6.05. The highest BCUT2D eigenvalue weighted by molar-refractivity contribution is 5.62. The van der Waals surface area contributed by atoms with Gasteiger partial charge in [0, 0.05) is 31.5 Å². The molecule has 2 rings (SSSR count). The molecule has 1 aromatic heterocycles. The third-order valence-corrected chi connectivity index (χ3v) is 2.74. The van der Waals surface area contributed by atoms with Gasteiger partial charge in [-0.25, -0.2) is 4.98 Å². The van der Waals surface area contributed by atoms with Gasteiger partial charge in [0.1, 0.15) is 11.6 Å². The molecule has 0 aliphatic rings. The third kappa shape index (κ3) is 2.31. The standard InChI is InChI=1S/C13H17N3O/c1-14-9-10-8-11(17-3)4-5-12(10)13-15-6-7-16(13)2/h4-8,14H,9H2,1-3H3. The van der Waals surface area contributed by atoms with Crippen LogP contribution in [0, 0.1) is 0 Å². The smallest absolute Gasteiger partial charge is 0.139 e. The lowest BCUT2D eigenvalue weighted by Crippen LogP contribution is -2.07. The molecule has 17 heavy (non-hydrogen) atoms. The molecule has 0 bridgehead atoms. The van der Waals surface area contributed by atoms with Gasteiger partial charge in [-0.1, -0.05) is 0 Å². The van der Waals surface area contributed by atoms with Crippen LogP contribution in [0.4, 0.5) is 0 Å². The molecule has 0 aliphatic carbocycles. The van der Waals surface area contributed by atoms with Crippen molar-refractivity contribution in [1.29, 1.82) is 0 Å². The molecule has 2 aromatic rings. The fraction of sp³-hybridized carbons (Fsp3) is 0.308. The van der Waals surface area contributed by atoms with Crippen LogP contribution in [0.25, 0.3) is 11.4 Å². The fourth-order valence-corrected chi connectivity index (χ4v) is 1.88. The first-order valence-electron chi connectivity index (χ1n) is 5.55. The van der Waals surface area contributed by atoms with Crippen LogP contribution in [0.3, 0.4) is 0 Å². The zero-order chi connectivity index (χ0) is 12.3. The molecule has 90 valence electrons. The van der Waals surface area contributed by atoms with E-state index in [-0.39, 0.29) is 0 Å². The fourth-order valence-electron chi connectivity index (χ4n) is 1.88. The Bertz CT molecular complexity index is 505. The minimum atomic E-state index is 0.791. The number of aromatic nitrogens is 2. The van der Waals surface area contributed by atoms with Crippen LogP contribution in [0.2, 0.25) is 0 Å². The van der Waals surface area contributed by atoms with Crippen molar-refractivity contribution in [1.82, 2.24) is 14.9 Å². The van der Waals surface area contributed by atoms with E-state index in [1.54, 1.807) is 7.11 Å². The van der Waals surface area contributed by atoms with E-state index < -0.39 is 0 Å². The average Bonchev–Trinajstić information content (AvgIpc) is 2.76. The molecule has 0 aliphatic heterocycles. The predicted molar refractivity (Wildman–Crippen MR) is 68.0 cm³/mol. The molecule has 0 atom stereocenters. The van der Waals surface area contributed by atoms with E-state index in [4.69, 9.17) is 4.74 Å². The molecular formula is C13H17N3O. The van der Waals surface area contributed by atoms with Crippen LogP contribution in [0.15, 0.2) is 30.6 Å². The number of ether oxygens (including phenoxy) is 1. The van der Waals surface area contributed by atoms with Crippen LogP contribution in [-0.4, -0.2) is 23.7 Å². The number of hydrogen-bond acceptors (Lipinski definition) is 3. The van der Waals surface area contributed by atoms with E-state index in [1.165, 1.54) is 5.56 Å². The molecule has 4 nitrogen and oxygen atoms in total. The topological polar surface area (TPSA) is 39.1 Å². The van der Waals surface area contributed by atoms with Crippen molar-refractivity contribution in [3.63, 3.8) is 0 Å². The summed E-state index contributed by atoms with van der Waals surface area (Å²) >= 11 is 0. The highest BCUT2D eigenvalue weighted by Crippen LogP contribution is 2.25. The van der Waals surface area contributed by atoms with Gasteiger partial charge in [0.05, 0.1) is 7.11 Å². The molecule has 0 radical (unpaired) electrons. The lowest BCUT2D eigenvalue weighted by molar-refractivity contribution is 0.414. The van der Waals surface area contributed by atoms with Gasteiger partial charge in [-0.15, -0.1) is 0 Å². The van der Waals surface area contributed by atoms with Gasteiger partial charge in [0.25, 0.3) is 0 Å². The molecule has 0 fully saturated rings. The largest absolute Gasteiger partial charge is 0.497 e. The van der Waals surface area contributed by atoms with Crippen LogP contribution >= 0.6 is 0 Å². The highest BCUT2D eigenvalue weighted by atomic mass is 16.5. The van der Waals surface area contributed by atoms with E-state index >= 15 is 0 Å². The molecular weight excluding hydrogens is 214 g/mol. The summed E-state index contributed by atoms with van der Waals surface area (Å²) in [5.74, 6) is 1.84. The highest BCUT2D eigenvalue weighted by Gasteiger charge is 2.09. The summed E-state index contributed by atoms with van der Waals surface area (Å²) in [5.41, 5.74) is 2.31. The Morgan fingerprint density at radius 2 is 2.24 bits per heavy atom. The maximum atomic E-state index is 5.25. The Kier molecular flexibility index (Phi) is 3.44. The Morgan fingerprint density at radius 1 is 1.41 bits per heavy atom. The maximum absolute atomic E-state index is 5.25. The summed E-state index contributed by atoms with van der Waals surface area (Å²) in [6.07, 6.45) is 3.76. The molecule has 0 unspecified atom stereocenters. The van der Waals surface area contributed by atoms with E-state index in [0.29, 0.717) is 0 Å². The average molecular weight is 231 g/mol. The number of imidazole rings is 1. The number of hydrogen-bond donors (Lipinski definition) is 1. The van der Waals surface area contributed by atoms with Crippen molar-refractivity contribution in [2.24, 2.45) is 7.05 Å². The lowest BCUT2D eigenvalue weighted by atomic mass is 10.1. The molecule has 0 spiro atoms. The van der Waals surface area contributed by atoms with E-state index in [9.17, 15) is 0 Å². The molecule has 4 heteroatoms. The molecule has 1 heterocycles. The zero-order valence-corrected chi connectivity index (χ0v) is 10.4. The Hall–Kier alpha value is -1.81. The number of rotatable bonds is 4.